The van der Waals surface area contributed by atoms with Gasteiger partial charge in [0.05, 0.1) is 6.10 Å². The van der Waals surface area contributed by atoms with Gasteiger partial charge in [0.15, 0.2) is 0 Å². The maximum absolute atomic E-state index is 13.1. The monoisotopic (exact) mass is 186 g/mol. The zero-order chi connectivity index (χ0) is 10.0. The van der Waals surface area contributed by atoms with Crippen LogP contribution in [0.1, 0.15) is 18.1 Å². The largest absolute Gasteiger partial charge is 0.393 e. The molecule has 0 spiro atoms. The highest BCUT2D eigenvalue weighted by atomic mass is 19.1. The molecule has 0 heterocycles. The quantitative estimate of drug-likeness (QED) is 0.750. The Morgan fingerprint density at radius 1 is 1.31 bits per heavy atom. The molecule has 0 aromatic heterocycles. The molecule has 1 nitrogen and oxygen atoms in total. The number of aryl methyl sites for hydroxylation is 1. The summed E-state index contributed by atoms with van der Waals surface area (Å²) in [6.07, 6.45) is -0.514. The van der Waals surface area contributed by atoms with Crippen LogP contribution in [-0.2, 0) is 6.42 Å². The van der Waals surface area contributed by atoms with Crippen LogP contribution in [0.4, 0.5) is 8.78 Å². The van der Waals surface area contributed by atoms with E-state index >= 15 is 0 Å². The number of hydrogen-bond acceptors (Lipinski definition) is 1. The molecule has 3 heteroatoms. The minimum atomic E-state index is -0.656. The van der Waals surface area contributed by atoms with E-state index < -0.39 is 17.7 Å². The van der Waals surface area contributed by atoms with Gasteiger partial charge in [-0.05, 0) is 37.1 Å². The Kier molecular flexibility index (Phi) is 2.98. The van der Waals surface area contributed by atoms with Gasteiger partial charge < -0.3 is 5.11 Å². The minimum Gasteiger partial charge on any atom is -0.393 e. The van der Waals surface area contributed by atoms with Crippen LogP contribution in [0.25, 0.3) is 0 Å². The molecule has 72 valence electrons. The third kappa shape index (κ3) is 2.49. The van der Waals surface area contributed by atoms with Gasteiger partial charge in [0.1, 0.15) is 11.6 Å². The van der Waals surface area contributed by atoms with E-state index in [1.54, 1.807) is 0 Å². The molecular weight excluding hydrogens is 174 g/mol. The molecule has 0 aliphatic rings. The van der Waals surface area contributed by atoms with Gasteiger partial charge in [0.2, 0.25) is 0 Å². The van der Waals surface area contributed by atoms with E-state index in [1.165, 1.54) is 13.8 Å². The van der Waals surface area contributed by atoms with Gasteiger partial charge in [-0.1, -0.05) is 0 Å². The molecule has 1 aromatic carbocycles. The number of hydrogen-bond donors (Lipinski definition) is 1. The van der Waals surface area contributed by atoms with Crippen LogP contribution in [0.3, 0.4) is 0 Å². The fourth-order valence-electron chi connectivity index (χ4n) is 1.16. The lowest BCUT2D eigenvalue weighted by Crippen LogP contribution is -2.06. The predicted octanol–water partition coefficient (Wildman–Crippen LogP) is 2.20. The maximum atomic E-state index is 13.1. The summed E-state index contributed by atoms with van der Waals surface area (Å²) >= 11 is 0. The Morgan fingerprint density at radius 2 is 1.92 bits per heavy atom. The Balaban J connectivity index is 3.01. The molecule has 13 heavy (non-hydrogen) atoms. The molecule has 0 aliphatic carbocycles. The van der Waals surface area contributed by atoms with Gasteiger partial charge in [-0.2, -0.15) is 0 Å². The number of benzene rings is 1. The molecule has 1 atom stereocenters. The third-order valence-electron chi connectivity index (χ3n) is 1.84. The van der Waals surface area contributed by atoms with Gasteiger partial charge in [0, 0.05) is 6.42 Å². The topological polar surface area (TPSA) is 20.2 Å². The Hall–Kier alpha value is -0.960. The number of aliphatic hydroxyl groups is 1. The zero-order valence-electron chi connectivity index (χ0n) is 7.64. The SMILES string of the molecule is Cc1cc(F)c(C[C@@H](C)O)cc1F. The molecule has 0 radical (unpaired) electrons. The van der Waals surface area contributed by atoms with Gasteiger partial charge in [0.25, 0.3) is 0 Å². The van der Waals surface area contributed by atoms with Crippen LogP contribution in [0.2, 0.25) is 0 Å². The first kappa shape index (κ1) is 10.1. The third-order valence-corrected chi connectivity index (χ3v) is 1.84. The van der Waals surface area contributed by atoms with Crippen molar-refractivity contribution in [1.82, 2.24) is 0 Å². The van der Waals surface area contributed by atoms with Crippen molar-refractivity contribution in [3.05, 3.63) is 34.9 Å². The lowest BCUT2D eigenvalue weighted by molar-refractivity contribution is 0.194. The molecule has 1 aromatic rings. The van der Waals surface area contributed by atoms with E-state index in [1.807, 2.05) is 0 Å². The summed E-state index contributed by atoms with van der Waals surface area (Å²) in [5.74, 6) is -0.892. The van der Waals surface area contributed by atoms with Crippen molar-refractivity contribution in [2.75, 3.05) is 0 Å². The van der Waals surface area contributed by atoms with Crippen molar-refractivity contribution in [2.24, 2.45) is 0 Å². The fourth-order valence-corrected chi connectivity index (χ4v) is 1.16. The van der Waals surface area contributed by atoms with Crippen LogP contribution >= 0.6 is 0 Å². The Morgan fingerprint density at radius 3 is 2.46 bits per heavy atom. The van der Waals surface area contributed by atoms with E-state index in [-0.39, 0.29) is 17.5 Å². The summed E-state index contributed by atoms with van der Waals surface area (Å²) in [5, 5.41) is 9.00. The van der Waals surface area contributed by atoms with Crippen LogP contribution in [-0.4, -0.2) is 11.2 Å². The molecular formula is C10H12F2O. The second-order valence-corrected chi connectivity index (χ2v) is 3.25. The Bertz CT molecular complexity index is 308. The van der Waals surface area contributed by atoms with Crippen LogP contribution in [0.15, 0.2) is 12.1 Å². The summed E-state index contributed by atoms with van der Waals surface area (Å²) in [6, 6.07) is 2.28. The molecule has 0 saturated carbocycles. The van der Waals surface area contributed by atoms with E-state index in [4.69, 9.17) is 5.11 Å². The van der Waals surface area contributed by atoms with Gasteiger partial charge in [-0.3, -0.25) is 0 Å². The first-order valence-corrected chi connectivity index (χ1v) is 4.13. The van der Waals surface area contributed by atoms with Crippen molar-refractivity contribution in [2.45, 2.75) is 26.4 Å². The molecule has 0 bridgehead atoms. The van der Waals surface area contributed by atoms with Crippen molar-refractivity contribution in [1.29, 1.82) is 0 Å². The molecule has 0 saturated heterocycles. The summed E-state index contributed by atoms with van der Waals surface area (Å²) in [6.45, 7) is 3.04. The van der Waals surface area contributed by atoms with Crippen LogP contribution in [0, 0.1) is 18.6 Å². The van der Waals surface area contributed by atoms with Crippen molar-refractivity contribution >= 4 is 0 Å². The van der Waals surface area contributed by atoms with Crippen LogP contribution in [0.5, 0.6) is 0 Å². The van der Waals surface area contributed by atoms with Crippen molar-refractivity contribution < 1.29 is 13.9 Å². The first-order valence-electron chi connectivity index (χ1n) is 4.13. The second-order valence-electron chi connectivity index (χ2n) is 3.25. The molecule has 1 rings (SSSR count). The van der Waals surface area contributed by atoms with Crippen LogP contribution < -0.4 is 0 Å². The summed E-state index contributed by atoms with van der Waals surface area (Å²) < 4.78 is 26.1. The van der Waals surface area contributed by atoms with Crippen molar-refractivity contribution in [3.63, 3.8) is 0 Å². The summed E-state index contributed by atoms with van der Waals surface area (Å²) in [7, 11) is 0. The predicted molar refractivity (Wildman–Crippen MR) is 46.5 cm³/mol. The first-order chi connectivity index (χ1) is 6.00. The molecule has 0 unspecified atom stereocenters. The van der Waals surface area contributed by atoms with Crippen molar-refractivity contribution in [3.8, 4) is 0 Å². The average molecular weight is 186 g/mol. The second kappa shape index (κ2) is 3.83. The highest BCUT2D eigenvalue weighted by Gasteiger charge is 2.08. The smallest absolute Gasteiger partial charge is 0.126 e. The normalized spacial score (nSPS) is 13.0. The molecule has 0 aliphatic heterocycles. The number of aliphatic hydroxyl groups excluding tert-OH is 1. The fraction of sp³-hybridized carbons (Fsp3) is 0.400. The highest BCUT2D eigenvalue weighted by molar-refractivity contribution is 5.25. The number of rotatable bonds is 2. The van der Waals surface area contributed by atoms with Gasteiger partial charge in [-0.15, -0.1) is 0 Å². The van der Waals surface area contributed by atoms with E-state index in [0.29, 0.717) is 0 Å². The lowest BCUT2D eigenvalue weighted by Gasteiger charge is -2.07. The van der Waals surface area contributed by atoms with E-state index in [9.17, 15) is 8.78 Å². The lowest BCUT2D eigenvalue weighted by atomic mass is 10.1. The molecule has 0 amide bonds. The average Bonchev–Trinajstić information content (AvgIpc) is 1.99. The summed E-state index contributed by atoms with van der Waals surface area (Å²) in [5.41, 5.74) is 0.505. The molecule has 1 N–H and O–H groups in total. The number of halogens is 2. The Labute approximate surface area is 76.0 Å². The zero-order valence-corrected chi connectivity index (χ0v) is 7.64. The molecule has 0 fully saturated rings. The maximum Gasteiger partial charge on any atom is 0.126 e. The van der Waals surface area contributed by atoms with E-state index in [0.717, 1.165) is 12.1 Å². The van der Waals surface area contributed by atoms with Gasteiger partial charge in [-0.25, -0.2) is 8.78 Å². The summed E-state index contributed by atoms with van der Waals surface area (Å²) in [4.78, 5) is 0. The van der Waals surface area contributed by atoms with Gasteiger partial charge >= 0.3 is 0 Å². The standard InChI is InChI=1S/C10H12F2O/c1-6-3-10(12)8(4-7(2)13)5-9(6)11/h3,5,7,13H,4H2,1-2H3/t7-/m1/s1. The minimum absolute atomic E-state index is 0.142. The highest BCUT2D eigenvalue weighted by Crippen LogP contribution is 2.15. The van der Waals surface area contributed by atoms with E-state index in [2.05, 4.69) is 0 Å².